The summed E-state index contributed by atoms with van der Waals surface area (Å²) < 4.78 is 2.91. The second-order valence-electron chi connectivity index (χ2n) is 4.27. The van der Waals surface area contributed by atoms with Crippen LogP contribution < -0.4 is 5.73 Å². The number of hydrogen-bond acceptors (Lipinski definition) is 6. The van der Waals surface area contributed by atoms with Crippen LogP contribution >= 0.6 is 0 Å². The molecule has 0 saturated carbocycles. The molecule has 0 spiro atoms. The summed E-state index contributed by atoms with van der Waals surface area (Å²) in [5.41, 5.74) is 6.31. The molecule has 1 aromatic carbocycles. The molecular weight excluding hydrogens is 274 g/mol. The average Bonchev–Trinajstić information content (AvgIpc) is 3.08. The lowest BCUT2D eigenvalue weighted by molar-refractivity contribution is -0.384. The van der Waals surface area contributed by atoms with Crippen molar-refractivity contribution in [2.24, 2.45) is 0 Å². The first-order valence-electron chi connectivity index (χ1n) is 6.07. The van der Waals surface area contributed by atoms with Crippen LogP contribution in [0.4, 0.5) is 11.5 Å². The highest BCUT2D eigenvalue weighted by Gasteiger charge is 2.18. The maximum atomic E-state index is 10.7. The van der Waals surface area contributed by atoms with Crippen molar-refractivity contribution in [2.75, 3.05) is 5.73 Å². The third-order valence-electron chi connectivity index (χ3n) is 2.91. The van der Waals surface area contributed by atoms with Crippen molar-refractivity contribution >= 4 is 11.5 Å². The summed E-state index contributed by atoms with van der Waals surface area (Å²) >= 11 is 0. The first-order chi connectivity index (χ1) is 10.1. The second-order valence-corrected chi connectivity index (χ2v) is 4.27. The van der Waals surface area contributed by atoms with Crippen molar-refractivity contribution in [2.45, 2.75) is 6.54 Å². The van der Waals surface area contributed by atoms with Gasteiger partial charge in [-0.1, -0.05) is 18.2 Å². The van der Waals surface area contributed by atoms with Gasteiger partial charge < -0.3 is 5.73 Å². The van der Waals surface area contributed by atoms with Crippen molar-refractivity contribution in [1.29, 1.82) is 0 Å². The van der Waals surface area contributed by atoms with Gasteiger partial charge in [0.1, 0.15) is 19.1 Å². The molecule has 0 fully saturated rings. The first kappa shape index (κ1) is 12.8. The van der Waals surface area contributed by atoms with Crippen molar-refractivity contribution in [3.8, 4) is 5.69 Å². The Morgan fingerprint density at radius 1 is 1.29 bits per heavy atom. The molecule has 0 saturated heterocycles. The van der Waals surface area contributed by atoms with Gasteiger partial charge in [-0.3, -0.25) is 10.1 Å². The Morgan fingerprint density at radius 2 is 2.05 bits per heavy atom. The summed E-state index contributed by atoms with van der Waals surface area (Å²) in [6.45, 7) is 0.166. The van der Waals surface area contributed by atoms with E-state index in [0.29, 0.717) is 5.82 Å². The topological polar surface area (TPSA) is 118 Å². The van der Waals surface area contributed by atoms with Crippen molar-refractivity contribution in [3.63, 3.8) is 0 Å². The molecule has 0 bridgehead atoms. The fourth-order valence-corrected chi connectivity index (χ4v) is 1.86. The molecule has 0 aliphatic rings. The zero-order chi connectivity index (χ0) is 14.8. The van der Waals surface area contributed by atoms with Gasteiger partial charge in [0, 0.05) is 0 Å². The van der Waals surface area contributed by atoms with E-state index in [-0.39, 0.29) is 18.1 Å². The Balaban J connectivity index is 1.84. The van der Waals surface area contributed by atoms with E-state index >= 15 is 0 Å². The summed E-state index contributed by atoms with van der Waals surface area (Å²) in [5.74, 6) is 0.444. The monoisotopic (exact) mass is 285 g/mol. The Morgan fingerprint density at radius 3 is 2.71 bits per heavy atom. The van der Waals surface area contributed by atoms with Crippen LogP contribution in [-0.4, -0.2) is 29.5 Å². The van der Waals surface area contributed by atoms with Crippen LogP contribution in [-0.2, 0) is 6.54 Å². The van der Waals surface area contributed by atoms with E-state index in [1.54, 1.807) is 11.0 Å². The van der Waals surface area contributed by atoms with Gasteiger partial charge in [0.05, 0.1) is 10.6 Å². The van der Waals surface area contributed by atoms with Crippen LogP contribution in [0.2, 0.25) is 0 Å². The van der Waals surface area contributed by atoms with E-state index in [1.165, 1.54) is 4.68 Å². The normalized spacial score (nSPS) is 10.7. The molecule has 0 aliphatic carbocycles. The van der Waals surface area contributed by atoms with Gasteiger partial charge in [-0.2, -0.15) is 5.10 Å². The maximum absolute atomic E-state index is 10.7. The van der Waals surface area contributed by atoms with E-state index < -0.39 is 4.92 Å². The van der Waals surface area contributed by atoms with Crippen LogP contribution in [0.25, 0.3) is 5.69 Å². The summed E-state index contributed by atoms with van der Waals surface area (Å²) in [4.78, 5) is 14.3. The Labute approximate surface area is 118 Å². The molecule has 21 heavy (non-hydrogen) atoms. The lowest BCUT2D eigenvalue weighted by Crippen LogP contribution is -2.08. The maximum Gasteiger partial charge on any atom is 0.330 e. The summed E-state index contributed by atoms with van der Waals surface area (Å²) in [5, 5.41) is 18.9. The van der Waals surface area contributed by atoms with Gasteiger partial charge in [-0.25, -0.2) is 14.3 Å². The van der Waals surface area contributed by atoms with E-state index in [9.17, 15) is 10.1 Å². The number of nitrogens with two attached hydrogens (primary N) is 1. The first-order valence-corrected chi connectivity index (χ1v) is 6.07. The van der Waals surface area contributed by atoms with E-state index in [4.69, 9.17) is 5.73 Å². The number of aromatic nitrogens is 5. The number of nitro groups is 1. The Bertz CT molecular complexity index is 778. The molecule has 3 aromatic rings. The number of hydrogen-bond donors (Lipinski definition) is 1. The number of nitrogens with zero attached hydrogens (tertiary/aromatic N) is 6. The number of nitrogen functional groups attached to an aromatic ring is 1. The molecule has 3 rings (SSSR count). The zero-order valence-electron chi connectivity index (χ0n) is 10.8. The Kier molecular flexibility index (Phi) is 3.07. The standard InChI is InChI=1S/C12H11N7O2/c13-12-10(19(20)21)6-15-17(12)7-11-14-8-18(16-11)9-4-2-1-3-5-9/h1-6,8H,7,13H2. The lowest BCUT2D eigenvalue weighted by atomic mass is 10.3. The third-order valence-corrected chi connectivity index (χ3v) is 2.91. The fourth-order valence-electron chi connectivity index (χ4n) is 1.86. The molecule has 0 unspecified atom stereocenters. The molecular formula is C12H11N7O2. The largest absolute Gasteiger partial charge is 0.378 e. The van der Waals surface area contributed by atoms with E-state index in [2.05, 4.69) is 15.2 Å². The van der Waals surface area contributed by atoms with Gasteiger partial charge in [-0.05, 0) is 12.1 Å². The molecule has 106 valence electrons. The second kappa shape index (κ2) is 5.04. The zero-order valence-corrected chi connectivity index (χ0v) is 10.8. The molecule has 0 atom stereocenters. The SMILES string of the molecule is Nc1c([N+](=O)[O-])cnn1Cc1ncn(-c2ccccc2)n1. The highest BCUT2D eigenvalue weighted by molar-refractivity contribution is 5.51. The minimum Gasteiger partial charge on any atom is -0.378 e. The highest BCUT2D eigenvalue weighted by atomic mass is 16.6. The number of rotatable bonds is 4. The van der Waals surface area contributed by atoms with Crippen LogP contribution in [0.5, 0.6) is 0 Å². The van der Waals surface area contributed by atoms with Crippen LogP contribution in [0, 0.1) is 10.1 Å². The molecule has 0 amide bonds. The minimum absolute atomic E-state index is 0.0175. The quantitative estimate of drug-likeness (QED) is 0.564. The van der Waals surface area contributed by atoms with Crippen molar-refractivity contribution < 1.29 is 4.92 Å². The van der Waals surface area contributed by atoms with Gasteiger partial charge in [0.2, 0.25) is 5.82 Å². The summed E-state index contributed by atoms with van der Waals surface area (Å²) in [6.07, 6.45) is 2.68. The molecule has 2 N–H and O–H groups in total. The molecule has 9 nitrogen and oxygen atoms in total. The molecule has 0 aliphatic heterocycles. The van der Waals surface area contributed by atoms with E-state index in [1.807, 2.05) is 30.3 Å². The van der Waals surface area contributed by atoms with Crippen molar-refractivity contribution in [1.82, 2.24) is 24.5 Å². The summed E-state index contributed by atoms with van der Waals surface area (Å²) in [7, 11) is 0. The number of para-hydroxylation sites is 1. The van der Waals surface area contributed by atoms with Gasteiger partial charge in [-0.15, -0.1) is 5.10 Å². The fraction of sp³-hybridized carbons (Fsp3) is 0.0833. The summed E-state index contributed by atoms with van der Waals surface area (Å²) in [6, 6.07) is 9.49. The van der Waals surface area contributed by atoms with E-state index in [0.717, 1.165) is 11.9 Å². The van der Waals surface area contributed by atoms with Gasteiger partial charge in [0.25, 0.3) is 0 Å². The van der Waals surface area contributed by atoms with Crippen molar-refractivity contribution in [3.05, 3.63) is 58.8 Å². The lowest BCUT2D eigenvalue weighted by Gasteiger charge is -2.00. The minimum atomic E-state index is -0.575. The number of benzene rings is 1. The predicted octanol–water partition coefficient (Wildman–Crippen LogP) is 1.00. The van der Waals surface area contributed by atoms with Gasteiger partial charge in [0.15, 0.2) is 5.82 Å². The third kappa shape index (κ3) is 2.43. The predicted molar refractivity (Wildman–Crippen MR) is 73.8 cm³/mol. The van der Waals surface area contributed by atoms with Crippen LogP contribution in [0.1, 0.15) is 5.82 Å². The molecule has 9 heteroatoms. The molecule has 2 aromatic heterocycles. The smallest absolute Gasteiger partial charge is 0.330 e. The van der Waals surface area contributed by atoms with Crippen LogP contribution in [0.3, 0.4) is 0 Å². The average molecular weight is 285 g/mol. The highest BCUT2D eigenvalue weighted by Crippen LogP contribution is 2.20. The molecule has 0 radical (unpaired) electrons. The molecule has 2 heterocycles. The van der Waals surface area contributed by atoms with Gasteiger partial charge >= 0.3 is 5.69 Å². The number of anilines is 1. The van der Waals surface area contributed by atoms with Crippen LogP contribution in [0.15, 0.2) is 42.9 Å². The Hall–Kier alpha value is -3.23.